The van der Waals surface area contributed by atoms with Gasteiger partial charge in [-0.05, 0) is 24.2 Å². The number of nitrogens with zero attached hydrogens (tertiary/aromatic N) is 2. The molecule has 1 N–H and O–H groups in total. The van der Waals surface area contributed by atoms with Gasteiger partial charge in [-0.25, -0.2) is 0 Å². The molecule has 2 aliphatic heterocycles. The Bertz CT molecular complexity index is 646. The van der Waals surface area contributed by atoms with Gasteiger partial charge in [0, 0.05) is 26.2 Å². The van der Waals surface area contributed by atoms with Gasteiger partial charge in [0.25, 0.3) is 11.6 Å². The number of ether oxygens (including phenoxy) is 1. The van der Waals surface area contributed by atoms with Crippen molar-refractivity contribution in [3.05, 3.63) is 27.8 Å². The molecule has 0 radical (unpaired) electrons. The molecule has 132 valence electrons. The number of fused-ring (bicyclic) bond motifs is 1. The monoisotopic (exact) mass is 373 g/mol. The van der Waals surface area contributed by atoms with Crippen LogP contribution in [-0.2, 0) is 0 Å². The van der Waals surface area contributed by atoms with E-state index in [1.807, 2.05) is 6.26 Å². The average Bonchev–Trinajstić information content (AvgIpc) is 3.14. The van der Waals surface area contributed by atoms with E-state index in [-0.39, 0.29) is 29.6 Å². The summed E-state index contributed by atoms with van der Waals surface area (Å²) in [5.41, 5.74) is -0.0482. The topological polar surface area (TPSA) is 84.7 Å². The number of likely N-dealkylation sites (tertiary alicyclic amines) is 1. The highest BCUT2D eigenvalue weighted by Gasteiger charge is 2.39. The summed E-state index contributed by atoms with van der Waals surface area (Å²) in [5, 5.41) is 14.7. The van der Waals surface area contributed by atoms with Crippen molar-refractivity contribution in [2.24, 2.45) is 11.8 Å². The first-order valence-electron chi connectivity index (χ1n) is 7.45. The van der Waals surface area contributed by atoms with E-state index in [9.17, 15) is 14.9 Å². The van der Waals surface area contributed by atoms with Crippen molar-refractivity contribution >= 4 is 35.8 Å². The number of thioether (sulfide) groups is 1. The number of amides is 1. The van der Waals surface area contributed by atoms with Crippen molar-refractivity contribution in [2.75, 3.05) is 39.5 Å². The first-order valence-corrected chi connectivity index (χ1v) is 8.68. The summed E-state index contributed by atoms with van der Waals surface area (Å²) < 4.78 is 5.19. The van der Waals surface area contributed by atoms with Crippen molar-refractivity contribution in [1.82, 2.24) is 10.2 Å². The summed E-state index contributed by atoms with van der Waals surface area (Å²) >= 11 is 1.40. The summed E-state index contributed by atoms with van der Waals surface area (Å²) in [7, 11) is 1.47. The maximum Gasteiger partial charge on any atom is 0.285 e. The van der Waals surface area contributed by atoms with Crippen molar-refractivity contribution < 1.29 is 14.5 Å². The normalized spacial score (nSPS) is 22.0. The summed E-state index contributed by atoms with van der Waals surface area (Å²) in [6, 6.07) is 2.92. The van der Waals surface area contributed by atoms with Crippen molar-refractivity contribution in [2.45, 2.75) is 4.90 Å². The number of carbonyl (C=O) groups is 1. The molecule has 0 aliphatic carbocycles. The fourth-order valence-corrected chi connectivity index (χ4v) is 3.96. The number of hydrogen-bond acceptors (Lipinski definition) is 6. The summed E-state index contributed by atoms with van der Waals surface area (Å²) in [5.74, 6) is 1.07. The number of carbonyl (C=O) groups excluding carboxylic acids is 1. The first kappa shape index (κ1) is 18.8. The lowest BCUT2D eigenvalue weighted by Crippen LogP contribution is -2.32. The van der Waals surface area contributed by atoms with Crippen molar-refractivity contribution in [3.8, 4) is 5.75 Å². The number of nitro groups is 1. The number of methoxy groups -OCH3 is 1. The Hall–Kier alpha value is -1.51. The molecule has 0 saturated carbocycles. The number of nitro benzene ring substituents is 1. The van der Waals surface area contributed by atoms with Gasteiger partial charge in [0.05, 0.1) is 23.0 Å². The van der Waals surface area contributed by atoms with E-state index in [1.165, 1.54) is 24.9 Å². The highest BCUT2D eigenvalue weighted by molar-refractivity contribution is 7.98. The lowest BCUT2D eigenvalue weighted by atomic mass is 10.0. The Balaban J connectivity index is 0.00000208. The van der Waals surface area contributed by atoms with Gasteiger partial charge < -0.3 is 15.0 Å². The average molecular weight is 374 g/mol. The maximum atomic E-state index is 12.8. The molecule has 2 atom stereocenters. The molecule has 2 saturated heterocycles. The summed E-state index contributed by atoms with van der Waals surface area (Å²) in [6.07, 6.45) is 1.85. The molecule has 3 rings (SSSR count). The largest absolute Gasteiger partial charge is 0.495 e. The Kier molecular flexibility index (Phi) is 5.95. The lowest BCUT2D eigenvalue weighted by molar-refractivity contribution is -0.385. The standard InChI is InChI=1S/C15H19N3O4S.ClH/c1-22-13-4-12(18(20)21)11(3-14(13)23-2)15(19)17-7-9-5-16-6-10(9)8-17;/h3-4,9-10,16H,5-8H2,1-2H3;1H/t9-,10+;. The summed E-state index contributed by atoms with van der Waals surface area (Å²) in [6.45, 7) is 3.15. The van der Waals surface area contributed by atoms with E-state index in [4.69, 9.17) is 4.74 Å². The fourth-order valence-electron chi connectivity index (χ4n) is 3.38. The molecule has 0 unspecified atom stereocenters. The Morgan fingerprint density at radius 3 is 2.50 bits per heavy atom. The first-order chi connectivity index (χ1) is 11.0. The van der Waals surface area contributed by atoms with Crippen LogP contribution in [0.25, 0.3) is 0 Å². The zero-order valence-corrected chi connectivity index (χ0v) is 15.1. The van der Waals surface area contributed by atoms with Crippen LogP contribution in [-0.4, -0.2) is 55.3 Å². The lowest BCUT2D eigenvalue weighted by Gasteiger charge is -2.18. The van der Waals surface area contributed by atoms with Gasteiger partial charge in [-0.2, -0.15) is 0 Å². The molecular formula is C15H20ClN3O4S. The van der Waals surface area contributed by atoms with Crippen LogP contribution in [0.2, 0.25) is 0 Å². The van der Waals surface area contributed by atoms with Crippen LogP contribution in [0.1, 0.15) is 10.4 Å². The molecule has 1 aromatic rings. The Morgan fingerprint density at radius 1 is 1.38 bits per heavy atom. The van der Waals surface area contributed by atoms with Gasteiger partial charge in [0.1, 0.15) is 11.3 Å². The molecule has 1 aromatic carbocycles. The molecule has 0 aromatic heterocycles. The molecule has 1 amide bonds. The number of nitrogens with one attached hydrogen (secondary N) is 1. The van der Waals surface area contributed by atoms with Crippen LogP contribution >= 0.6 is 24.2 Å². The Labute approximate surface area is 150 Å². The molecule has 2 fully saturated rings. The van der Waals surface area contributed by atoms with Gasteiger partial charge in [-0.3, -0.25) is 14.9 Å². The highest BCUT2D eigenvalue weighted by atomic mass is 35.5. The van der Waals surface area contributed by atoms with E-state index < -0.39 is 4.92 Å². The molecule has 7 nitrogen and oxygen atoms in total. The van der Waals surface area contributed by atoms with E-state index in [0.717, 1.165) is 18.0 Å². The van der Waals surface area contributed by atoms with Gasteiger partial charge in [0.2, 0.25) is 0 Å². The molecule has 24 heavy (non-hydrogen) atoms. The number of benzene rings is 1. The van der Waals surface area contributed by atoms with E-state index in [2.05, 4.69) is 5.32 Å². The predicted octanol–water partition coefficient (Wildman–Crippen LogP) is 2.04. The number of halogens is 1. The fraction of sp³-hybridized carbons (Fsp3) is 0.533. The minimum Gasteiger partial charge on any atom is -0.495 e. The van der Waals surface area contributed by atoms with Crippen LogP contribution in [0.4, 0.5) is 5.69 Å². The minimum absolute atomic E-state index is 0. The molecule has 2 heterocycles. The van der Waals surface area contributed by atoms with Crippen molar-refractivity contribution in [3.63, 3.8) is 0 Å². The third kappa shape index (κ3) is 3.31. The van der Waals surface area contributed by atoms with Crippen molar-refractivity contribution in [1.29, 1.82) is 0 Å². The SMILES string of the molecule is COc1cc([N+](=O)[O-])c(C(=O)N2C[C@H]3CNC[C@H]3C2)cc1SC.Cl. The number of rotatable bonds is 4. The van der Waals surface area contributed by atoms with E-state index in [1.54, 1.807) is 11.0 Å². The molecule has 9 heteroatoms. The minimum atomic E-state index is -0.516. The third-order valence-corrected chi connectivity index (χ3v) is 5.36. The predicted molar refractivity (Wildman–Crippen MR) is 94.4 cm³/mol. The zero-order valence-electron chi connectivity index (χ0n) is 13.5. The van der Waals surface area contributed by atoms with E-state index >= 15 is 0 Å². The van der Waals surface area contributed by atoms with Crippen LogP contribution in [0.3, 0.4) is 0 Å². The van der Waals surface area contributed by atoms with Gasteiger partial charge >= 0.3 is 0 Å². The van der Waals surface area contributed by atoms with E-state index in [0.29, 0.717) is 30.7 Å². The molecule has 0 bridgehead atoms. The van der Waals surface area contributed by atoms with Gasteiger partial charge in [0.15, 0.2) is 0 Å². The number of hydrogen-bond donors (Lipinski definition) is 1. The zero-order chi connectivity index (χ0) is 16.6. The smallest absolute Gasteiger partial charge is 0.285 e. The van der Waals surface area contributed by atoms with Gasteiger partial charge in [-0.1, -0.05) is 0 Å². The maximum absolute atomic E-state index is 12.8. The quantitative estimate of drug-likeness (QED) is 0.494. The second kappa shape index (κ2) is 7.58. The van der Waals surface area contributed by atoms with Crippen LogP contribution in [0, 0.1) is 22.0 Å². The van der Waals surface area contributed by atoms with Gasteiger partial charge in [-0.15, -0.1) is 24.2 Å². The second-order valence-electron chi connectivity index (χ2n) is 5.87. The third-order valence-electron chi connectivity index (χ3n) is 4.61. The van der Waals surface area contributed by atoms with Crippen LogP contribution in [0.5, 0.6) is 5.75 Å². The molecular weight excluding hydrogens is 354 g/mol. The molecule has 0 spiro atoms. The van der Waals surface area contributed by atoms with Crippen LogP contribution in [0.15, 0.2) is 17.0 Å². The van der Waals surface area contributed by atoms with Crippen LogP contribution < -0.4 is 10.1 Å². The second-order valence-corrected chi connectivity index (χ2v) is 6.72. The highest BCUT2D eigenvalue weighted by Crippen LogP contribution is 2.36. The Morgan fingerprint density at radius 2 is 2.00 bits per heavy atom. The molecule has 2 aliphatic rings. The summed E-state index contributed by atoms with van der Waals surface area (Å²) in [4.78, 5) is 26.1.